The number of ether oxygens (including phenoxy) is 2. The van der Waals surface area contributed by atoms with Crippen LogP contribution in [-0.2, 0) is 6.61 Å². The number of pyridine rings is 2. The summed E-state index contributed by atoms with van der Waals surface area (Å²) in [5.74, 6) is 1.72. The van der Waals surface area contributed by atoms with E-state index in [4.69, 9.17) is 15.2 Å². The lowest BCUT2D eigenvalue weighted by atomic mass is 10.3. The molecule has 0 fully saturated rings. The summed E-state index contributed by atoms with van der Waals surface area (Å²) < 4.78 is 10.8. The average Bonchev–Trinajstić information content (AvgIpc) is 2.37. The second-order valence-electron chi connectivity index (χ2n) is 4.26. The van der Waals surface area contributed by atoms with Crippen LogP contribution in [0, 0.1) is 13.8 Å². The average molecular weight is 259 g/mol. The van der Waals surface area contributed by atoms with E-state index in [9.17, 15) is 0 Å². The molecule has 2 N–H and O–H groups in total. The second-order valence-corrected chi connectivity index (χ2v) is 4.26. The number of aromatic nitrogens is 2. The highest BCUT2D eigenvalue weighted by Gasteiger charge is 2.05. The molecule has 0 bridgehead atoms. The van der Waals surface area contributed by atoms with Crippen molar-refractivity contribution < 1.29 is 9.47 Å². The molecule has 2 rings (SSSR count). The summed E-state index contributed by atoms with van der Waals surface area (Å²) >= 11 is 0. The van der Waals surface area contributed by atoms with Crippen LogP contribution in [0.25, 0.3) is 0 Å². The van der Waals surface area contributed by atoms with Crippen LogP contribution < -0.4 is 15.2 Å². The Morgan fingerprint density at radius 2 is 1.89 bits per heavy atom. The Labute approximate surface area is 112 Å². The van der Waals surface area contributed by atoms with E-state index >= 15 is 0 Å². The zero-order chi connectivity index (χ0) is 13.8. The number of nitrogen functional groups attached to an aromatic ring is 1. The van der Waals surface area contributed by atoms with Gasteiger partial charge in [0.25, 0.3) is 0 Å². The molecule has 0 radical (unpaired) electrons. The molecule has 19 heavy (non-hydrogen) atoms. The summed E-state index contributed by atoms with van der Waals surface area (Å²) in [5.41, 5.74) is 8.32. The molecular formula is C14H17N3O2. The first-order valence-electron chi connectivity index (χ1n) is 5.96. The van der Waals surface area contributed by atoms with Gasteiger partial charge in [-0.3, -0.25) is 4.98 Å². The van der Waals surface area contributed by atoms with Gasteiger partial charge in [-0.05, 0) is 26.0 Å². The van der Waals surface area contributed by atoms with E-state index in [1.165, 1.54) is 0 Å². The van der Waals surface area contributed by atoms with E-state index in [2.05, 4.69) is 9.97 Å². The van der Waals surface area contributed by atoms with E-state index in [-0.39, 0.29) is 0 Å². The smallest absolute Gasteiger partial charge is 0.166 e. The van der Waals surface area contributed by atoms with Crippen LogP contribution in [0.4, 0.5) is 5.82 Å². The van der Waals surface area contributed by atoms with Crippen LogP contribution in [0.1, 0.15) is 17.1 Å². The van der Waals surface area contributed by atoms with Crippen LogP contribution in [0.2, 0.25) is 0 Å². The minimum Gasteiger partial charge on any atom is -0.497 e. The van der Waals surface area contributed by atoms with Crippen molar-refractivity contribution in [2.24, 2.45) is 0 Å². The molecule has 0 amide bonds. The molecule has 5 heteroatoms. The van der Waals surface area contributed by atoms with Gasteiger partial charge in [-0.15, -0.1) is 0 Å². The maximum Gasteiger partial charge on any atom is 0.166 e. The summed E-state index contributed by atoms with van der Waals surface area (Å²) in [5, 5.41) is 0. The molecule has 0 aliphatic heterocycles. The summed E-state index contributed by atoms with van der Waals surface area (Å²) in [6, 6.07) is 7.37. The van der Waals surface area contributed by atoms with Crippen LogP contribution in [0.5, 0.6) is 11.5 Å². The summed E-state index contributed by atoms with van der Waals surface area (Å²) in [7, 11) is 1.63. The van der Waals surface area contributed by atoms with Gasteiger partial charge in [-0.2, -0.15) is 0 Å². The van der Waals surface area contributed by atoms with Gasteiger partial charge in [-0.25, -0.2) is 4.98 Å². The van der Waals surface area contributed by atoms with Crippen molar-refractivity contribution in [3.8, 4) is 11.5 Å². The molecule has 0 saturated heterocycles. The highest BCUT2D eigenvalue weighted by atomic mass is 16.5. The van der Waals surface area contributed by atoms with Gasteiger partial charge in [-0.1, -0.05) is 0 Å². The molecule has 0 unspecified atom stereocenters. The van der Waals surface area contributed by atoms with Gasteiger partial charge in [0.2, 0.25) is 0 Å². The Morgan fingerprint density at radius 1 is 1.11 bits per heavy atom. The number of methoxy groups -OCH3 is 1. The van der Waals surface area contributed by atoms with E-state index in [1.807, 2.05) is 38.1 Å². The Bertz CT molecular complexity index is 585. The number of nitrogens with two attached hydrogens (primary N) is 1. The van der Waals surface area contributed by atoms with Crippen molar-refractivity contribution in [1.82, 2.24) is 9.97 Å². The Hall–Kier alpha value is -2.30. The molecule has 2 aromatic rings. The first-order chi connectivity index (χ1) is 9.08. The summed E-state index contributed by atoms with van der Waals surface area (Å²) in [6.07, 6.45) is 0. The molecule has 0 saturated carbocycles. The summed E-state index contributed by atoms with van der Waals surface area (Å²) in [6.45, 7) is 4.12. The standard InChI is InChI=1S/C14H17N3O2/c1-9-4-5-13(14(15)17-9)19-8-11-7-12(18-3)6-10(2)16-11/h4-7H,8H2,1-3H3,(H2,15,17). The fourth-order valence-electron chi connectivity index (χ4n) is 1.73. The molecule has 0 aromatic carbocycles. The van der Waals surface area contributed by atoms with Crippen molar-refractivity contribution in [3.63, 3.8) is 0 Å². The molecule has 100 valence electrons. The van der Waals surface area contributed by atoms with Crippen LogP contribution in [0.15, 0.2) is 24.3 Å². The Morgan fingerprint density at radius 3 is 2.58 bits per heavy atom. The maximum atomic E-state index is 5.79. The third-order valence-corrected chi connectivity index (χ3v) is 2.62. The number of nitrogens with zero attached hydrogens (tertiary/aromatic N) is 2. The molecule has 0 aliphatic carbocycles. The predicted octanol–water partition coefficient (Wildman–Crippen LogP) is 2.26. The largest absolute Gasteiger partial charge is 0.497 e. The first kappa shape index (κ1) is 13.1. The highest BCUT2D eigenvalue weighted by Crippen LogP contribution is 2.21. The van der Waals surface area contributed by atoms with Crippen molar-refractivity contribution in [2.45, 2.75) is 20.5 Å². The zero-order valence-corrected chi connectivity index (χ0v) is 11.3. The van der Waals surface area contributed by atoms with Crippen LogP contribution in [-0.4, -0.2) is 17.1 Å². The molecule has 5 nitrogen and oxygen atoms in total. The molecule has 0 spiro atoms. The minimum atomic E-state index is 0.326. The SMILES string of the molecule is COc1cc(C)nc(COc2ccc(C)nc2N)c1. The molecule has 0 aliphatic rings. The van der Waals surface area contributed by atoms with E-state index < -0.39 is 0 Å². The highest BCUT2D eigenvalue weighted by molar-refractivity contribution is 5.46. The monoisotopic (exact) mass is 259 g/mol. The van der Waals surface area contributed by atoms with Gasteiger partial charge in [0.05, 0.1) is 12.8 Å². The fraction of sp³-hybridized carbons (Fsp3) is 0.286. The van der Waals surface area contributed by atoms with Gasteiger partial charge in [0, 0.05) is 23.5 Å². The predicted molar refractivity (Wildman–Crippen MR) is 73.2 cm³/mol. The second kappa shape index (κ2) is 5.56. The molecule has 0 atom stereocenters. The topological polar surface area (TPSA) is 70.3 Å². The maximum absolute atomic E-state index is 5.79. The van der Waals surface area contributed by atoms with Crippen molar-refractivity contribution in [1.29, 1.82) is 0 Å². The molecule has 2 heterocycles. The molecule has 2 aromatic heterocycles. The van der Waals surface area contributed by atoms with E-state index in [0.29, 0.717) is 18.2 Å². The van der Waals surface area contributed by atoms with Gasteiger partial charge >= 0.3 is 0 Å². The summed E-state index contributed by atoms with van der Waals surface area (Å²) in [4.78, 5) is 8.52. The first-order valence-corrected chi connectivity index (χ1v) is 5.96. The number of aryl methyl sites for hydroxylation is 2. The number of anilines is 1. The van der Waals surface area contributed by atoms with Gasteiger partial charge < -0.3 is 15.2 Å². The van der Waals surface area contributed by atoms with Gasteiger partial charge in [0.15, 0.2) is 11.6 Å². The third-order valence-electron chi connectivity index (χ3n) is 2.62. The fourth-order valence-corrected chi connectivity index (χ4v) is 1.73. The number of hydrogen-bond donors (Lipinski definition) is 1. The number of hydrogen-bond acceptors (Lipinski definition) is 5. The Kier molecular flexibility index (Phi) is 3.85. The zero-order valence-electron chi connectivity index (χ0n) is 11.3. The van der Waals surface area contributed by atoms with E-state index in [0.717, 1.165) is 22.8 Å². The quantitative estimate of drug-likeness (QED) is 0.912. The van der Waals surface area contributed by atoms with Crippen LogP contribution >= 0.6 is 0 Å². The van der Waals surface area contributed by atoms with Crippen molar-refractivity contribution in [3.05, 3.63) is 41.3 Å². The normalized spacial score (nSPS) is 10.3. The van der Waals surface area contributed by atoms with Crippen molar-refractivity contribution in [2.75, 3.05) is 12.8 Å². The van der Waals surface area contributed by atoms with E-state index in [1.54, 1.807) is 7.11 Å². The Balaban J connectivity index is 2.12. The minimum absolute atomic E-state index is 0.326. The van der Waals surface area contributed by atoms with Crippen molar-refractivity contribution >= 4 is 5.82 Å². The molecular weight excluding hydrogens is 242 g/mol. The number of rotatable bonds is 4. The third kappa shape index (κ3) is 3.34. The van der Waals surface area contributed by atoms with Gasteiger partial charge in [0.1, 0.15) is 12.4 Å². The lowest BCUT2D eigenvalue weighted by Gasteiger charge is -2.10. The lowest BCUT2D eigenvalue weighted by Crippen LogP contribution is -2.03. The lowest BCUT2D eigenvalue weighted by molar-refractivity contribution is 0.300. The van der Waals surface area contributed by atoms with Crippen LogP contribution in [0.3, 0.4) is 0 Å².